The van der Waals surface area contributed by atoms with Gasteiger partial charge in [-0.3, -0.25) is 4.79 Å². The van der Waals surface area contributed by atoms with Gasteiger partial charge in [-0.25, -0.2) is 0 Å². The van der Waals surface area contributed by atoms with Gasteiger partial charge in [0.05, 0.1) is 5.56 Å². The van der Waals surface area contributed by atoms with Crippen LogP contribution >= 0.6 is 0 Å². The van der Waals surface area contributed by atoms with E-state index < -0.39 is 12.4 Å². The fourth-order valence-corrected chi connectivity index (χ4v) is 1.68. The van der Waals surface area contributed by atoms with Gasteiger partial charge in [-0.1, -0.05) is 19.1 Å². The highest BCUT2D eigenvalue weighted by molar-refractivity contribution is 6.09. The average molecular weight is 266 g/mol. The Morgan fingerprint density at radius 2 is 2.00 bits per heavy atom. The number of furan rings is 1. The van der Waals surface area contributed by atoms with Gasteiger partial charge in [-0.15, -0.1) is 0 Å². The van der Waals surface area contributed by atoms with Crippen LogP contribution in [0, 0.1) is 0 Å². The molecule has 2 rings (SSSR count). The van der Waals surface area contributed by atoms with Gasteiger partial charge in [-0.2, -0.15) is 8.78 Å². The Bertz CT molecular complexity index is 576. The second-order valence-corrected chi connectivity index (χ2v) is 3.82. The first-order chi connectivity index (χ1) is 9.11. The minimum absolute atomic E-state index is 0.0554. The Morgan fingerprint density at radius 1 is 1.26 bits per heavy atom. The van der Waals surface area contributed by atoms with Crippen LogP contribution in [0.3, 0.4) is 0 Å². The minimum Gasteiger partial charge on any atom is -0.458 e. The summed E-state index contributed by atoms with van der Waals surface area (Å²) in [4.78, 5) is 12.2. The molecule has 0 atom stereocenters. The van der Waals surface area contributed by atoms with E-state index in [1.807, 2.05) is 6.92 Å². The molecule has 3 nitrogen and oxygen atoms in total. The van der Waals surface area contributed by atoms with Crippen LogP contribution in [0.15, 0.2) is 40.8 Å². The third-order valence-electron chi connectivity index (χ3n) is 2.58. The van der Waals surface area contributed by atoms with Gasteiger partial charge in [0.1, 0.15) is 11.5 Å². The van der Waals surface area contributed by atoms with Crippen molar-refractivity contribution in [2.45, 2.75) is 20.0 Å². The molecule has 0 aliphatic carbocycles. The summed E-state index contributed by atoms with van der Waals surface area (Å²) in [5.41, 5.74) is 0.0554. The molecular formula is C14H12F2O3. The highest BCUT2D eigenvalue weighted by atomic mass is 19.3. The third-order valence-corrected chi connectivity index (χ3v) is 2.58. The first kappa shape index (κ1) is 13.3. The van der Waals surface area contributed by atoms with Crippen LogP contribution in [-0.2, 0) is 6.42 Å². The fourth-order valence-electron chi connectivity index (χ4n) is 1.68. The van der Waals surface area contributed by atoms with Crippen molar-refractivity contribution in [1.29, 1.82) is 0 Å². The molecule has 0 bridgehead atoms. The predicted molar refractivity (Wildman–Crippen MR) is 64.6 cm³/mol. The summed E-state index contributed by atoms with van der Waals surface area (Å²) in [5, 5.41) is 0. The van der Waals surface area contributed by atoms with Crippen LogP contribution in [0.2, 0.25) is 0 Å². The van der Waals surface area contributed by atoms with Crippen LogP contribution in [-0.4, -0.2) is 12.4 Å². The molecular weight excluding hydrogens is 254 g/mol. The van der Waals surface area contributed by atoms with Gasteiger partial charge in [-0.05, 0) is 24.3 Å². The lowest BCUT2D eigenvalue weighted by atomic mass is 10.1. The van der Waals surface area contributed by atoms with E-state index >= 15 is 0 Å². The number of para-hydroxylation sites is 1. The molecule has 0 radical (unpaired) electrons. The first-order valence-corrected chi connectivity index (χ1v) is 5.79. The zero-order valence-corrected chi connectivity index (χ0v) is 10.2. The van der Waals surface area contributed by atoms with Crippen LogP contribution in [0.5, 0.6) is 5.75 Å². The Balaban J connectivity index is 2.32. The number of benzene rings is 1. The van der Waals surface area contributed by atoms with Gasteiger partial charge in [0.2, 0.25) is 5.78 Å². The first-order valence-electron chi connectivity index (χ1n) is 5.79. The van der Waals surface area contributed by atoms with Crippen molar-refractivity contribution in [3.63, 3.8) is 0 Å². The monoisotopic (exact) mass is 266 g/mol. The molecule has 1 aromatic heterocycles. The van der Waals surface area contributed by atoms with E-state index in [2.05, 4.69) is 4.74 Å². The topological polar surface area (TPSA) is 39.4 Å². The number of halogens is 2. The molecule has 100 valence electrons. The number of ketones is 1. The highest BCUT2D eigenvalue weighted by Gasteiger charge is 2.19. The molecule has 0 fully saturated rings. The summed E-state index contributed by atoms with van der Waals surface area (Å²) < 4.78 is 34.2. The van der Waals surface area contributed by atoms with Crippen molar-refractivity contribution < 1.29 is 22.7 Å². The lowest BCUT2D eigenvalue weighted by Gasteiger charge is -2.08. The molecule has 1 aromatic carbocycles. The number of aryl methyl sites for hydroxylation is 1. The summed E-state index contributed by atoms with van der Waals surface area (Å²) in [6.07, 6.45) is 0.655. The van der Waals surface area contributed by atoms with Gasteiger partial charge in [0.25, 0.3) is 0 Å². The molecule has 0 amide bonds. The smallest absolute Gasteiger partial charge is 0.387 e. The Hall–Kier alpha value is -2.17. The molecule has 19 heavy (non-hydrogen) atoms. The molecule has 5 heteroatoms. The molecule has 0 N–H and O–H groups in total. The number of hydrogen-bond donors (Lipinski definition) is 0. The van der Waals surface area contributed by atoms with Crippen molar-refractivity contribution in [3.05, 3.63) is 53.5 Å². The lowest BCUT2D eigenvalue weighted by Crippen LogP contribution is -2.08. The molecule has 0 unspecified atom stereocenters. The van der Waals surface area contributed by atoms with Gasteiger partial charge < -0.3 is 9.15 Å². The van der Waals surface area contributed by atoms with Crippen LogP contribution in [0.1, 0.15) is 28.8 Å². The SMILES string of the molecule is CCc1ccc(C(=O)c2ccccc2OC(F)F)o1. The fraction of sp³-hybridized carbons (Fsp3) is 0.214. The maximum Gasteiger partial charge on any atom is 0.387 e. The number of ether oxygens (including phenoxy) is 1. The van der Waals surface area contributed by atoms with Crippen molar-refractivity contribution in [2.24, 2.45) is 0 Å². The number of hydrogen-bond acceptors (Lipinski definition) is 3. The number of alkyl halides is 2. The lowest BCUT2D eigenvalue weighted by molar-refractivity contribution is -0.0501. The van der Waals surface area contributed by atoms with Crippen molar-refractivity contribution >= 4 is 5.78 Å². The van der Waals surface area contributed by atoms with Gasteiger partial charge >= 0.3 is 6.61 Å². The summed E-state index contributed by atoms with van der Waals surface area (Å²) in [5.74, 6) is 0.144. The molecule has 0 spiro atoms. The van der Waals surface area contributed by atoms with E-state index in [0.717, 1.165) is 0 Å². The van der Waals surface area contributed by atoms with E-state index in [1.54, 1.807) is 12.1 Å². The second-order valence-electron chi connectivity index (χ2n) is 3.82. The number of rotatable bonds is 5. The van der Waals surface area contributed by atoms with Gasteiger partial charge in [0.15, 0.2) is 5.76 Å². The normalized spacial score (nSPS) is 10.7. The third kappa shape index (κ3) is 2.99. The van der Waals surface area contributed by atoms with Crippen molar-refractivity contribution in [2.75, 3.05) is 0 Å². The predicted octanol–water partition coefficient (Wildman–Crippen LogP) is 3.67. The Kier molecular flexibility index (Phi) is 3.94. The second kappa shape index (κ2) is 5.65. The van der Waals surface area contributed by atoms with E-state index in [9.17, 15) is 13.6 Å². The van der Waals surface area contributed by atoms with Crippen LogP contribution < -0.4 is 4.74 Å². The molecule has 0 saturated heterocycles. The summed E-state index contributed by atoms with van der Waals surface area (Å²) in [6.45, 7) is -1.09. The quantitative estimate of drug-likeness (QED) is 0.775. The largest absolute Gasteiger partial charge is 0.458 e. The Labute approximate surface area is 108 Å². The summed E-state index contributed by atoms with van der Waals surface area (Å²) in [7, 11) is 0. The Morgan fingerprint density at radius 3 is 2.63 bits per heavy atom. The highest BCUT2D eigenvalue weighted by Crippen LogP contribution is 2.24. The number of carbonyl (C=O) groups is 1. The molecule has 0 aliphatic rings. The zero-order chi connectivity index (χ0) is 13.8. The van der Waals surface area contributed by atoms with Crippen LogP contribution in [0.4, 0.5) is 8.78 Å². The van der Waals surface area contributed by atoms with E-state index in [-0.39, 0.29) is 17.1 Å². The minimum atomic E-state index is -2.98. The van der Waals surface area contributed by atoms with Crippen molar-refractivity contribution in [1.82, 2.24) is 0 Å². The van der Waals surface area contributed by atoms with E-state index in [4.69, 9.17) is 4.42 Å². The molecule has 2 aromatic rings. The van der Waals surface area contributed by atoms with Gasteiger partial charge in [0, 0.05) is 6.42 Å². The summed E-state index contributed by atoms with van der Waals surface area (Å²) >= 11 is 0. The average Bonchev–Trinajstić information content (AvgIpc) is 2.86. The van der Waals surface area contributed by atoms with Crippen LogP contribution in [0.25, 0.3) is 0 Å². The van der Waals surface area contributed by atoms with Crippen molar-refractivity contribution in [3.8, 4) is 5.75 Å². The van der Waals surface area contributed by atoms with E-state index in [0.29, 0.717) is 12.2 Å². The maximum absolute atomic E-state index is 12.3. The standard InChI is InChI=1S/C14H12F2O3/c1-2-9-7-8-12(18-9)13(17)10-5-3-4-6-11(10)19-14(15)16/h3-8,14H,2H2,1H3. The summed E-state index contributed by atoms with van der Waals surface area (Å²) in [6, 6.07) is 9.06. The molecule has 0 aliphatic heterocycles. The zero-order valence-electron chi connectivity index (χ0n) is 10.2. The number of carbonyl (C=O) groups excluding carboxylic acids is 1. The van der Waals surface area contributed by atoms with E-state index in [1.165, 1.54) is 24.3 Å². The maximum atomic E-state index is 12.3. The molecule has 1 heterocycles. The molecule has 0 saturated carbocycles.